The molecule has 2 heterocycles. The maximum absolute atomic E-state index is 12.7. The lowest BCUT2D eigenvalue weighted by atomic mass is 9.97. The van der Waals surface area contributed by atoms with E-state index in [1.165, 1.54) is 0 Å². The van der Waals surface area contributed by atoms with E-state index in [1.807, 2.05) is 0 Å². The molecule has 2 unspecified atom stereocenters. The molecule has 0 saturated carbocycles. The molecule has 0 spiro atoms. The first-order chi connectivity index (χ1) is 9.04. The summed E-state index contributed by atoms with van der Waals surface area (Å²) >= 11 is 3.46. The largest absolute Gasteiger partial charge is 0.281 e. The molecule has 2 saturated heterocycles. The van der Waals surface area contributed by atoms with Crippen molar-refractivity contribution < 1.29 is 8.42 Å². The fourth-order valence-electron chi connectivity index (χ4n) is 3.15. The lowest BCUT2D eigenvalue weighted by Gasteiger charge is -2.38. The summed E-state index contributed by atoms with van der Waals surface area (Å²) in [7, 11) is -3.22. The van der Waals surface area contributed by atoms with Gasteiger partial charge >= 0.3 is 0 Å². The molecule has 2 aliphatic heterocycles. The molecule has 4 nitrogen and oxygen atoms in total. The van der Waals surface area contributed by atoms with E-state index in [9.17, 15) is 8.42 Å². The molecule has 19 heavy (non-hydrogen) atoms. The Kier molecular flexibility index (Phi) is 5.69. The molecule has 6 heteroatoms. The van der Waals surface area contributed by atoms with E-state index in [0.29, 0.717) is 38.0 Å². The monoisotopic (exact) mass is 352 g/mol. The van der Waals surface area contributed by atoms with Gasteiger partial charge in [-0.2, -0.15) is 17.0 Å². The van der Waals surface area contributed by atoms with Crippen molar-refractivity contribution in [3.8, 4) is 0 Å². The van der Waals surface area contributed by atoms with Gasteiger partial charge < -0.3 is 0 Å². The van der Waals surface area contributed by atoms with Gasteiger partial charge in [0.05, 0.1) is 0 Å². The van der Waals surface area contributed by atoms with Crippen LogP contribution < -0.4 is 0 Å². The first kappa shape index (κ1) is 15.7. The summed E-state index contributed by atoms with van der Waals surface area (Å²) in [6.07, 6.45) is 5.38. The highest BCUT2D eigenvalue weighted by atomic mass is 79.9. The fourth-order valence-corrected chi connectivity index (χ4v) is 5.68. The quantitative estimate of drug-likeness (QED) is 0.729. The number of halogens is 1. The summed E-state index contributed by atoms with van der Waals surface area (Å²) in [6.45, 7) is 4.95. The summed E-state index contributed by atoms with van der Waals surface area (Å²) in [6, 6.07) is 0. The van der Waals surface area contributed by atoms with Gasteiger partial charge in [-0.15, -0.1) is 0 Å². The number of nitrogens with zero attached hydrogens (tertiary/aromatic N) is 2. The molecule has 2 atom stereocenters. The second-order valence-corrected chi connectivity index (χ2v) is 8.68. The molecule has 0 aromatic heterocycles. The number of piperidine rings is 2. The van der Waals surface area contributed by atoms with E-state index in [1.54, 1.807) is 8.61 Å². The van der Waals surface area contributed by atoms with Crippen LogP contribution in [0.25, 0.3) is 0 Å². The van der Waals surface area contributed by atoms with E-state index < -0.39 is 10.2 Å². The minimum Gasteiger partial charge on any atom is -0.195 e. The Hall–Kier alpha value is 0.350. The van der Waals surface area contributed by atoms with Crippen molar-refractivity contribution in [2.24, 2.45) is 11.8 Å². The Morgan fingerprint density at radius 2 is 1.74 bits per heavy atom. The number of rotatable bonds is 4. The van der Waals surface area contributed by atoms with E-state index >= 15 is 0 Å². The fraction of sp³-hybridized carbons (Fsp3) is 1.00. The average molecular weight is 353 g/mol. The topological polar surface area (TPSA) is 40.6 Å². The molecular formula is C13H25BrN2O2S. The molecule has 2 rings (SSSR count). The zero-order chi connectivity index (χ0) is 13.9. The van der Waals surface area contributed by atoms with Gasteiger partial charge in [0, 0.05) is 31.5 Å². The maximum atomic E-state index is 12.7. The number of hydrogen-bond donors (Lipinski definition) is 0. The van der Waals surface area contributed by atoms with Crippen molar-refractivity contribution in [3.05, 3.63) is 0 Å². The highest BCUT2D eigenvalue weighted by Gasteiger charge is 2.35. The highest BCUT2D eigenvalue weighted by molar-refractivity contribution is 9.09. The van der Waals surface area contributed by atoms with Crippen LogP contribution >= 0.6 is 15.9 Å². The van der Waals surface area contributed by atoms with Crippen molar-refractivity contribution in [2.45, 2.75) is 39.0 Å². The molecule has 0 bridgehead atoms. The Bertz CT molecular complexity index is 386. The van der Waals surface area contributed by atoms with E-state index in [0.717, 1.165) is 37.4 Å². The van der Waals surface area contributed by atoms with Gasteiger partial charge in [0.2, 0.25) is 0 Å². The standard InChI is InChI=1S/C13H25BrN2O2S/c1-12-4-2-8-15(10-12)19(17,18)16-9-3-5-13(11-16)6-7-14/h12-13H,2-11H2,1H3. The summed E-state index contributed by atoms with van der Waals surface area (Å²) in [5, 5.41) is 0.965. The number of hydrogen-bond acceptors (Lipinski definition) is 2. The Balaban J connectivity index is 2.02. The molecule has 0 N–H and O–H groups in total. The minimum absolute atomic E-state index is 0.492. The van der Waals surface area contributed by atoms with Crippen LogP contribution in [-0.4, -0.2) is 48.5 Å². The molecule has 0 aromatic carbocycles. The van der Waals surface area contributed by atoms with Gasteiger partial charge in [-0.3, -0.25) is 0 Å². The second-order valence-electron chi connectivity index (χ2n) is 5.96. The lowest BCUT2D eigenvalue weighted by Crippen LogP contribution is -2.50. The van der Waals surface area contributed by atoms with Crippen LogP contribution in [0.3, 0.4) is 0 Å². The summed E-state index contributed by atoms with van der Waals surface area (Å²) in [4.78, 5) is 0. The third-order valence-electron chi connectivity index (χ3n) is 4.27. The number of alkyl halides is 1. The van der Waals surface area contributed by atoms with Crippen molar-refractivity contribution in [1.82, 2.24) is 8.61 Å². The maximum Gasteiger partial charge on any atom is 0.281 e. The third kappa shape index (κ3) is 3.93. The molecule has 0 amide bonds. The summed E-state index contributed by atoms with van der Waals surface area (Å²) in [5.74, 6) is 1.01. The van der Waals surface area contributed by atoms with Crippen LogP contribution in [0.4, 0.5) is 0 Å². The Labute approximate surface area is 125 Å². The van der Waals surface area contributed by atoms with Crippen LogP contribution in [-0.2, 0) is 10.2 Å². The predicted molar refractivity (Wildman–Crippen MR) is 81.6 cm³/mol. The molecule has 2 fully saturated rings. The van der Waals surface area contributed by atoms with Gasteiger partial charge in [-0.25, -0.2) is 0 Å². The molecule has 112 valence electrons. The SMILES string of the molecule is CC1CCCN(S(=O)(=O)N2CCCC(CCBr)C2)C1. The summed E-state index contributed by atoms with van der Waals surface area (Å²) < 4.78 is 28.8. The van der Waals surface area contributed by atoms with Crippen molar-refractivity contribution in [2.75, 3.05) is 31.5 Å². The first-order valence-electron chi connectivity index (χ1n) is 7.35. The summed E-state index contributed by atoms with van der Waals surface area (Å²) in [5.41, 5.74) is 0. The normalized spacial score (nSPS) is 31.5. The lowest BCUT2D eigenvalue weighted by molar-refractivity contribution is 0.221. The smallest absolute Gasteiger partial charge is 0.195 e. The average Bonchev–Trinajstić information content (AvgIpc) is 2.39. The van der Waals surface area contributed by atoms with Crippen LogP contribution in [0.2, 0.25) is 0 Å². The van der Waals surface area contributed by atoms with Gasteiger partial charge in [-0.05, 0) is 43.9 Å². The minimum atomic E-state index is -3.22. The van der Waals surface area contributed by atoms with Gasteiger partial charge in [-0.1, -0.05) is 22.9 Å². The molecule has 2 aliphatic rings. The van der Waals surface area contributed by atoms with E-state index in [2.05, 4.69) is 22.9 Å². The molecule has 0 radical (unpaired) electrons. The van der Waals surface area contributed by atoms with Crippen LogP contribution in [0.5, 0.6) is 0 Å². The highest BCUT2D eigenvalue weighted by Crippen LogP contribution is 2.26. The van der Waals surface area contributed by atoms with Crippen LogP contribution in [0.15, 0.2) is 0 Å². The van der Waals surface area contributed by atoms with Gasteiger partial charge in [0.25, 0.3) is 10.2 Å². The Morgan fingerprint density at radius 3 is 2.37 bits per heavy atom. The molecule has 0 aliphatic carbocycles. The first-order valence-corrected chi connectivity index (χ1v) is 9.87. The third-order valence-corrected chi connectivity index (χ3v) is 6.70. The molecular weight excluding hydrogens is 328 g/mol. The Morgan fingerprint density at radius 1 is 1.11 bits per heavy atom. The van der Waals surface area contributed by atoms with Gasteiger partial charge in [0.1, 0.15) is 0 Å². The van der Waals surface area contributed by atoms with Crippen molar-refractivity contribution in [1.29, 1.82) is 0 Å². The molecule has 0 aromatic rings. The van der Waals surface area contributed by atoms with Crippen LogP contribution in [0.1, 0.15) is 39.0 Å². The van der Waals surface area contributed by atoms with Crippen LogP contribution in [0, 0.1) is 11.8 Å². The zero-order valence-corrected chi connectivity index (χ0v) is 14.1. The van der Waals surface area contributed by atoms with Crippen molar-refractivity contribution >= 4 is 26.1 Å². The van der Waals surface area contributed by atoms with E-state index in [-0.39, 0.29) is 0 Å². The zero-order valence-electron chi connectivity index (χ0n) is 11.7. The predicted octanol–water partition coefficient (Wildman–Crippen LogP) is 2.46. The second kappa shape index (κ2) is 6.87. The van der Waals surface area contributed by atoms with Crippen molar-refractivity contribution in [3.63, 3.8) is 0 Å². The van der Waals surface area contributed by atoms with E-state index in [4.69, 9.17) is 0 Å². The van der Waals surface area contributed by atoms with Gasteiger partial charge in [0.15, 0.2) is 0 Å².